The van der Waals surface area contributed by atoms with E-state index in [0.29, 0.717) is 0 Å². The third kappa shape index (κ3) is 1.41. The van der Waals surface area contributed by atoms with Gasteiger partial charge in [-0.3, -0.25) is 4.79 Å². The quantitative estimate of drug-likeness (QED) is 0.636. The van der Waals surface area contributed by atoms with Crippen LogP contribution >= 0.6 is 0 Å². The van der Waals surface area contributed by atoms with Crippen molar-refractivity contribution in [3.05, 3.63) is 35.9 Å². The van der Waals surface area contributed by atoms with Crippen molar-refractivity contribution in [3.63, 3.8) is 0 Å². The average molecular weight is 190 g/mol. The van der Waals surface area contributed by atoms with Crippen molar-refractivity contribution in [2.24, 2.45) is 11.8 Å². The zero-order valence-electron chi connectivity index (χ0n) is 8.44. The molecule has 2 rings (SSSR count). The molecule has 74 valence electrons. The molecule has 0 aromatic heterocycles. The molecular formula is C12H14O2. The maximum atomic E-state index is 11.3. The number of cyclic esters (lactones) is 1. The minimum atomic E-state index is -0.0775. The molecule has 0 unspecified atom stereocenters. The second-order valence-electron chi connectivity index (χ2n) is 3.92. The van der Waals surface area contributed by atoms with E-state index in [1.165, 1.54) is 0 Å². The zero-order chi connectivity index (χ0) is 10.1. The summed E-state index contributed by atoms with van der Waals surface area (Å²) in [7, 11) is 0. The summed E-state index contributed by atoms with van der Waals surface area (Å²) < 4.78 is 5.33. The van der Waals surface area contributed by atoms with Gasteiger partial charge in [-0.15, -0.1) is 0 Å². The van der Waals surface area contributed by atoms with Gasteiger partial charge in [0, 0.05) is 5.92 Å². The number of rotatable bonds is 1. The lowest BCUT2D eigenvalue weighted by molar-refractivity contribution is -0.144. The molecule has 1 aromatic carbocycles. The summed E-state index contributed by atoms with van der Waals surface area (Å²) in [6.07, 6.45) is -0.0568. The molecule has 0 spiro atoms. The average Bonchev–Trinajstić information content (AvgIpc) is 2.47. The van der Waals surface area contributed by atoms with Crippen molar-refractivity contribution in [3.8, 4) is 0 Å². The van der Waals surface area contributed by atoms with Gasteiger partial charge in [-0.25, -0.2) is 0 Å². The van der Waals surface area contributed by atoms with Crippen molar-refractivity contribution >= 4 is 5.97 Å². The van der Waals surface area contributed by atoms with E-state index < -0.39 is 0 Å². The first kappa shape index (κ1) is 9.25. The lowest BCUT2D eigenvalue weighted by Gasteiger charge is -2.14. The Labute approximate surface area is 83.9 Å². The largest absolute Gasteiger partial charge is 0.457 e. The molecule has 2 nitrogen and oxygen atoms in total. The Morgan fingerprint density at radius 2 is 1.79 bits per heavy atom. The molecule has 0 amide bonds. The van der Waals surface area contributed by atoms with Crippen LogP contribution in [0.2, 0.25) is 0 Å². The first-order valence-corrected chi connectivity index (χ1v) is 4.95. The minimum absolute atomic E-state index is 0.0141. The van der Waals surface area contributed by atoms with Crippen molar-refractivity contribution in [2.45, 2.75) is 20.0 Å². The SMILES string of the molecule is C[C@H]1[C@H](C)C(=O)O[C@H]1c1ccccc1. The first-order valence-electron chi connectivity index (χ1n) is 4.95. The summed E-state index contributed by atoms with van der Waals surface area (Å²) >= 11 is 0. The maximum absolute atomic E-state index is 11.3. The van der Waals surface area contributed by atoms with Crippen LogP contribution in [0.1, 0.15) is 25.5 Å². The van der Waals surface area contributed by atoms with E-state index in [1.807, 2.05) is 37.3 Å². The van der Waals surface area contributed by atoms with E-state index in [9.17, 15) is 4.79 Å². The minimum Gasteiger partial charge on any atom is -0.457 e. The van der Waals surface area contributed by atoms with Gasteiger partial charge in [-0.1, -0.05) is 44.2 Å². The van der Waals surface area contributed by atoms with Crippen molar-refractivity contribution in [2.75, 3.05) is 0 Å². The lowest BCUT2D eigenvalue weighted by atomic mass is 9.90. The Morgan fingerprint density at radius 1 is 1.14 bits per heavy atom. The molecular weight excluding hydrogens is 176 g/mol. The fourth-order valence-electron chi connectivity index (χ4n) is 1.83. The Kier molecular flexibility index (Phi) is 2.28. The molecule has 1 fully saturated rings. The van der Waals surface area contributed by atoms with E-state index in [2.05, 4.69) is 6.92 Å². The number of benzene rings is 1. The van der Waals surface area contributed by atoms with Crippen LogP contribution < -0.4 is 0 Å². The van der Waals surface area contributed by atoms with Crippen LogP contribution in [0.25, 0.3) is 0 Å². The van der Waals surface area contributed by atoms with Crippen LogP contribution in [-0.4, -0.2) is 5.97 Å². The number of ether oxygens (including phenoxy) is 1. The van der Waals surface area contributed by atoms with Crippen LogP contribution in [0.5, 0.6) is 0 Å². The van der Waals surface area contributed by atoms with E-state index in [1.54, 1.807) is 0 Å². The molecule has 14 heavy (non-hydrogen) atoms. The van der Waals surface area contributed by atoms with E-state index in [-0.39, 0.29) is 23.9 Å². The van der Waals surface area contributed by atoms with Crippen LogP contribution in [0.3, 0.4) is 0 Å². The monoisotopic (exact) mass is 190 g/mol. The molecule has 1 aliphatic rings. The molecule has 1 aliphatic heterocycles. The first-order chi connectivity index (χ1) is 6.70. The second kappa shape index (κ2) is 3.45. The van der Waals surface area contributed by atoms with Crippen LogP contribution in [0.4, 0.5) is 0 Å². The van der Waals surface area contributed by atoms with Gasteiger partial charge in [0.15, 0.2) is 0 Å². The number of carbonyl (C=O) groups is 1. The van der Waals surface area contributed by atoms with E-state index in [0.717, 1.165) is 5.56 Å². The molecule has 0 aliphatic carbocycles. The van der Waals surface area contributed by atoms with Crippen LogP contribution in [0, 0.1) is 11.8 Å². The predicted octanol–water partition coefficient (Wildman–Crippen LogP) is 2.56. The number of hydrogen-bond acceptors (Lipinski definition) is 2. The van der Waals surface area contributed by atoms with Gasteiger partial charge in [0.2, 0.25) is 0 Å². The number of carbonyl (C=O) groups excluding carboxylic acids is 1. The summed E-state index contributed by atoms with van der Waals surface area (Å²) in [4.78, 5) is 11.3. The predicted molar refractivity (Wildman–Crippen MR) is 53.6 cm³/mol. The van der Waals surface area contributed by atoms with Crippen molar-refractivity contribution in [1.82, 2.24) is 0 Å². The van der Waals surface area contributed by atoms with E-state index in [4.69, 9.17) is 4.74 Å². The molecule has 0 saturated carbocycles. The number of hydrogen-bond donors (Lipinski definition) is 0. The summed E-state index contributed by atoms with van der Waals surface area (Å²) in [5.41, 5.74) is 1.10. The fraction of sp³-hybridized carbons (Fsp3) is 0.417. The van der Waals surface area contributed by atoms with Crippen LogP contribution in [-0.2, 0) is 9.53 Å². The molecule has 0 radical (unpaired) electrons. The second-order valence-corrected chi connectivity index (χ2v) is 3.92. The maximum Gasteiger partial charge on any atom is 0.309 e. The molecule has 1 heterocycles. The normalized spacial score (nSPS) is 31.6. The summed E-state index contributed by atoms with van der Waals surface area (Å²) in [6, 6.07) is 9.92. The van der Waals surface area contributed by atoms with Gasteiger partial charge < -0.3 is 4.74 Å². The van der Waals surface area contributed by atoms with Gasteiger partial charge in [0.25, 0.3) is 0 Å². The van der Waals surface area contributed by atoms with Gasteiger partial charge in [0.1, 0.15) is 6.10 Å². The molecule has 1 saturated heterocycles. The Morgan fingerprint density at radius 3 is 2.29 bits per heavy atom. The van der Waals surface area contributed by atoms with Gasteiger partial charge >= 0.3 is 5.97 Å². The third-order valence-corrected chi connectivity index (χ3v) is 3.01. The summed E-state index contributed by atoms with van der Waals surface area (Å²) in [5, 5.41) is 0. The Hall–Kier alpha value is -1.31. The molecule has 0 N–H and O–H groups in total. The number of esters is 1. The van der Waals surface area contributed by atoms with Gasteiger partial charge in [-0.2, -0.15) is 0 Å². The highest BCUT2D eigenvalue weighted by atomic mass is 16.6. The van der Waals surface area contributed by atoms with Crippen LogP contribution in [0.15, 0.2) is 30.3 Å². The zero-order valence-corrected chi connectivity index (χ0v) is 8.44. The highest BCUT2D eigenvalue weighted by molar-refractivity contribution is 5.75. The molecule has 1 aromatic rings. The molecule has 0 bridgehead atoms. The highest BCUT2D eigenvalue weighted by Gasteiger charge is 2.39. The molecule has 3 atom stereocenters. The van der Waals surface area contributed by atoms with Gasteiger partial charge in [-0.05, 0) is 5.56 Å². The Bertz CT molecular complexity index is 331. The standard InChI is InChI=1S/C12H14O2/c1-8-9(2)12(13)14-11(8)10-6-4-3-5-7-10/h3-9,11H,1-2H3/t8-,9-,11+/m0/s1. The summed E-state index contributed by atoms with van der Waals surface area (Å²) in [6.45, 7) is 3.99. The smallest absolute Gasteiger partial charge is 0.309 e. The topological polar surface area (TPSA) is 26.3 Å². The van der Waals surface area contributed by atoms with Crippen molar-refractivity contribution < 1.29 is 9.53 Å². The van der Waals surface area contributed by atoms with E-state index >= 15 is 0 Å². The molecule has 2 heteroatoms. The fourth-order valence-corrected chi connectivity index (χ4v) is 1.83. The third-order valence-electron chi connectivity index (χ3n) is 3.01. The highest BCUT2D eigenvalue weighted by Crippen LogP contribution is 2.38. The van der Waals surface area contributed by atoms with Crippen molar-refractivity contribution in [1.29, 1.82) is 0 Å². The summed E-state index contributed by atoms with van der Waals surface area (Å²) in [5.74, 6) is 0.205. The van der Waals surface area contributed by atoms with Gasteiger partial charge in [0.05, 0.1) is 5.92 Å². The Balaban J connectivity index is 2.26. The lowest BCUT2D eigenvalue weighted by Crippen LogP contribution is -2.09.